The molecule has 1 N–H and O–H groups in total. The molecule has 0 spiro atoms. The van der Waals surface area contributed by atoms with Crippen molar-refractivity contribution in [1.82, 2.24) is 5.32 Å². The first-order valence-corrected chi connectivity index (χ1v) is 8.35. The molecule has 1 aliphatic heterocycles. The van der Waals surface area contributed by atoms with Crippen molar-refractivity contribution in [3.8, 4) is 17.2 Å². The van der Waals surface area contributed by atoms with Crippen molar-refractivity contribution in [2.45, 2.75) is 39.0 Å². The first kappa shape index (κ1) is 16.7. The maximum absolute atomic E-state index is 5.89. The number of nitrogens with one attached hydrogen (secondary N) is 1. The summed E-state index contributed by atoms with van der Waals surface area (Å²) in [5.74, 6) is 2.42. The van der Waals surface area contributed by atoms with Gasteiger partial charge in [0, 0.05) is 12.1 Å². The van der Waals surface area contributed by atoms with Crippen LogP contribution < -0.4 is 19.5 Å². The van der Waals surface area contributed by atoms with Gasteiger partial charge in [-0.1, -0.05) is 24.3 Å². The van der Waals surface area contributed by atoms with E-state index in [1.54, 1.807) is 0 Å². The number of rotatable bonds is 5. The van der Waals surface area contributed by atoms with E-state index in [4.69, 9.17) is 14.2 Å². The highest BCUT2D eigenvalue weighted by atomic mass is 16.6. The van der Waals surface area contributed by atoms with Crippen LogP contribution in [0, 0.1) is 0 Å². The van der Waals surface area contributed by atoms with E-state index in [9.17, 15) is 0 Å². The number of para-hydroxylation sites is 2. The van der Waals surface area contributed by atoms with Crippen LogP contribution in [0.3, 0.4) is 0 Å². The summed E-state index contributed by atoms with van der Waals surface area (Å²) in [6.07, 6.45) is -0.0952. The first-order valence-electron chi connectivity index (χ1n) is 8.35. The number of ether oxygens (including phenoxy) is 3. The lowest BCUT2D eigenvalue weighted by Gasteiger charge is -2.26. The third-order valence-corrected chi connectivity index (χ3v) is 3.75. The van der Waals surface area contributed by atoms with Gasteiger partial charge in [-0.2, -0.15) is 0 Å². The fourth-order valence-electron chi connectivity index (χ4n) is 2.41. The Morgan fingerprint density at radius 2 is 1.75 bits per heavy atom. The molecule has 0 amide bonds. The molecule has 0 aromatic heterocycles. The summed E-state index contributed by atoms with van der Waals surface area (Å²) in [7, 11) is 0. The molecule has 1 aliphatic rings. The van der Waals surface area contributed by atoms with Gasteiger partial charge in [-0.05, 0) is 50.6 Å². The molecule has 0 aliphatic carbocycles. The molecule has 0 saturated carbocycles. The van der Waals surface area contributed by atoms with Gasteiger partial charge in [0.15, 0.2) is 17.6 Å². The zero-order chi connectivity index (χ0) is 17.0. The van der Waals surface area contributed by atoms with Crippen molar-refractivity contribution in [1.29, 1.82) is 0 Å². The molecule has 0 radical (unpaired) electrons. The lowest BCUT2D eigenvalue weighted by atomic mass is 10.1. The Hall–Kier alpha value is -2.20. The molecule has 2 aromatic carbocycles. The topological polar surface area (TPSA) is 39.7 Å². The number of hydrogen-bond acceptors (Lipinski definition) is 4. The van der Waals surface area contributed by atoms with E-state index in [0.29, 0.717) is 13.2 Å². The molecular formula is C20H25NO3. The lowest BCUT2D eigenvalue weighted by Crippen LogP contribution is -2.35. The molecule has 4 heteroatoms. The second kappa shape index (κ2) is 7.14. The molecule has 128 valence electrons. The molecule has 0 unspecified atom stereocenters. The van der Waals surface area contributed by atoms with E-state index in [2.05, 4.69) is 38.2 Å². The van der Waals surface area contributed by atoms with Gasteiger partial charge in [-0.25, -0.2) is 0 Å². The maximum atomic E-state index is 5.89. The summed E-state index contributed by atoms with van der Waals surface area (Å²) in [6.45, 7) is 8.30. The van der Waals surface area contributed by atoms with Crippen molar-refractivity contribution < 1.29 is 14.2 Å². The van der Waals surface area contributed by atoms with Gasteiger partial charge in [0.05, 0.1) is 0 Å². The van der Waals surface area contributed by atoms with Crippen molar-refractivity contribution in [2.24, 2.45) is 0 Å². The summed E-state index contributed by atoms with van der Waals surface area (Å²) in [6, 6.07) is 15.9. The smallest absolute Gasteiger partial charge is 0.166 e. The van der Waals surface area contributed by atoms with Crippen molar-refractivity contribution in [3.05, 3.63) is 54.1 Å². The van der Waals surface area contributed by atoms with Crippen LogP contribution in [0.2, 0.25) is 0 Å². The summed E-state index contributed by atoms with van der Waals surface area (Å²) in [5.41, 5.74) is 1.35. The number of hydrogen-bond donors (Lipinski definition) is 1. The minimum absolute atomic E-state index is 0.0952. The zero-order valence-corrected chi connectivity index (χ0v) is 14.5. The van der Waals surface area contributed by atoms with E-state index in [1.807, 2.05) is 36.4 Å². The molecular weight excluding hydrogens is 302 g/mol. The third kappa shape index (κ3) is 4.65. The zero-order valence-electron chi connectivity index (χ0n) is 14.5. The molecule has 2 aromatic rings. The average Bonchev–Trinajstić information content (AvgIpc) is 2.58. The Kier molecular flexibility index (Phi) is 4.95. The Morgan fingerprint density at radius 3 is 2.46 bits per heavy atom. The highest BCUT2D eigenvalue weighted by Gasteiger charge is 2.21. The predicted molar refractivity (Wildman–Crippen MR) is 94.9 cm³/mol. The molecule has 3 rings (SSSR count). The highest BCUT2D eigenvalue weighted by Crippen LogP contribution is 2.31. The van der Waals surface area contributed by atoms with Crippen LogP contribution in [0.25, 0.3) is 0 Å². The van der Waals surface area contributed by atoms with E-state index in [0.717, 1.165) is 23.8 Å². The van der Waals surface area contributed by atoms with Gasteiger partial charge in [0.2, 0.25) is 0 Å². The molecule has 0 fully saturated rings. The normalized spacial score (nSPS) is 16.7. The highest BCUT2D eigenvalue weighted by molar-refractivity contribution is 5.40. The predicted octanol–water partition coefficient (Wildman–Crippen LogP) is 3.79. The summed E-state index contributed by atoms with van der Waals surface area (Å²) in [4.78, 5) is 0. The van der Waals surface area contributed by atoms with Crippen LogP contribution >= 0.6 is 0 Å². The fraction of sp³-hybridized carbons (Fsp3) is 0.400. The molecule has 24 heavy (non-hydrogen) atoms. The van der Waals surface area contributed by atoms with Crippen molar-refractivity contribution >= 4 is 0 Å². The Bertz CT molecular complexity index is 661. The Balaban J connectivity index is 1.49. The Morgan fingerprint density at radius 1 is 1.04 bits per heavy atom. The minimum Gasteiger partial charge on any atom is -0.490 e. The van der Waals surface area contributed by atoms with Crippen LogP contribution in [-0.2, 0) is 6.54 Å². The van der Waals surface area contributed by atoms with Crippen molar-refractivity contribution in [2.75, 3.05) is 13.2 Å². The van der Waals surface area contributed by atoms with E-state index in [1.165, 1.54) is 5.56 Å². The Labute approximate surface area is 143 Å². The van der Waals surface area contributed by atoms with Gasteiger partial charge < -0.3 is 19.5 Å². The molecule has 1 atom stereocenters. The lowest BCUT2D eigenvalue weighted by molar-refractivity contribution is 0.0535. The van der Waals surface area contributed by atoms with Crippen LogP contribution in [0.1, 0.15) is 26.3 Å². The maximum Gasteiger partial charge on any atom is 0.166 e. The number of benzene rings is 2. The van der Waals surface area contributed by atoms with Gasteiger partial charge in [0.25, 0.3) is 0 Å². The van der Waals surface area contributed by atoms with Gasteiger partial charge in [-0.3, -0.25) is 0 Å². The van der Waals surface area contributed by atoms with Crippen LogP contribution in [0.5, 0.6) is 17.2 Å². The van der Waals surface area contributed by atoms with Crippen LogP contribution in [0.15, 0.2) is 48.5 Å². The van der Waals surface area contributed by atoms with E-state index in [-0.39, 0.29) is 11.6 Å². The van der Waals surface area contributed by atoms with Crippen LogP contribution in [-0.4, -0.2) is 24.9 Å². The third-order valence-electron chi connectivity index (χ3n) is 3.75. The second-order valence-corrected chi connectivity index (χ2v) is 7.06. The van der Waals surface area contributed by atoms with Gasteiger partial charge in [0.1, 0.15) is 19.0 Å². The van der Waals surface area contributed by atoms with Crippen LogP contribution in [0.4, 0.5) is 0 Å². The fourth-order valence-corrected chi connectivity index (χ4v) is 2.41. The molecule has 1 heterocycles. The summed E-state index contributed by atoms with van der Waals surface area (Å²) >= 11 is 0. The van der Waals surface area contributed by atoms with Gasteiger partial charge >= 0.3 is 0 Å². The quantitative estimate of drug-likeness (QED) is 0.907. The standard InChI is InChI=1S/C20H25NO3/c1-20(2,3)21-12-15-8-10-16(11-9-15)22-13-17-14-23-18-6-4-5-7-19(18)24-17/h4-11,17,21H,12-14H2,1-3H3/t17-/m0/s1. The first-order chi connectivity index (χ1) is 11.5. The molecule has 4 nitrogen and oxygen atoms in total. The molecule has 0 bridgehead atoms. The summed E-state index contributed by atoms with van der Waals surface area (Å²) in [5, 5.41) is 3.47. The van der Waals surface area contributed by atoms with Gasteiger partial charge in [-0.15, -0.1) is 0 Å². The summed E-state index contributed by atoms with van der Waals surface area (Å²) < 4.78 is 17.4. The largest absolute Gasteiger partial charge is 0.490 e. The van der Waals surface area contributed by atoms with E-state index < -0.39 is 0 Å². The average molecular weight is 327 g/mol. The monoisotopic (exact) mass is 327 g/mol. The number of fused-ring (bicyclic) bond motifs is 1. The van der Waals surface area contributed by atoms with E-state index >= 15 is 0 Å². The second-order valence-electron chi connectivity index (χ2n) is 7.06. The molecule has 0 saturated heterocycles. The van der Waals surface area contributed by atoms with Crippen molar-refractivity contribution in [3.63, 3.8) is 0 Å². The minimum atomic E-state index is -0.0952. The SMILES string of the molecule is CC(C)(C)NCc1ccc(OC[C@H]2COc3ccccc3O2)cc1.